The molecule has 7 rings (SSSR count). The Morgan fingerprint density at radius 2 is 1.08 bits per heavy atom. The molecule has 7 nitrogen and oxygen atoms in total. The molecule has 0 unspecified atom stereocenters. The number of pyridine rings is 3. The number of nitrogens with zero attached hydrogens (tertiary/aromatic N) is 4. The second-order valence-corrected chi connectivity index (χ2v) is 13.4. The lowest BCUT2D eigenvalue weighted by Crippen LogP contribution is -2.42. The molecule has 0 amide bonds. The highest BCUT2D eigenvalue weighted by atomic mass is 16.5. The summed E-state index contributed by atoms with van der Waals surface area (Å²) < 4.78 is 6.58. The molecule has 6 aromatic rings. The predicted molar refractivity (Wildman–Crippen MR) is 199 cm³/mol. The molecule has 1 aliphatic rings. The fraction of sp³-hybridized carbons (Fsp3) is 0.136. The molecule has 0 fully saturated rings. The van der Waals surface area contributed by atoms with Gasteiger partial charge in [0, 0.05) is 67.0 Å². The van der Waals surface area contributed by atoms with Crippen molar-refractivity contribution in [1.29, 1.82) is 0 Å². The van der Waals surface area contributed by atoms with Crippen LogP contribution in [0.3, 0.4) is 0 Å². The monoisotopic (exact) mass is 667 g/mol. The first kappa shape index (κ1) is 33.0. The van der Waals surface area contributed by atoms with Crippen LogP contribution in [0.2, 0.25) is 0 Å². The Bertz CT molecular complexity index is 2280. The Kier molecular flexibility index (Phi) is 8.68. The number of benzene rings is 3. The fourth-order valence-electron chi connectivity index (χ4n) is 6.23. The van der Waals surface area contributed by atoms with Crippen molar-refractivity contribution in [3.8, 4) is 62.6 Å². The summed E-state index contributed by atoms with van der Waals surface area (Å²) in [4.78, 5) is 39.5. The van der Waals surface area contributed by atoms with Crippen molar-refractivity contribution in [3.63, 3.8) is 0 Å². The maximum absolute atomic E-state index is 12.9. The molecule has 1 aliphatic heterocycles. The van der Waals surface area contributed by atoms with Crippen molar-refractivity contribution in [3.05, 3.63) is 161 Å². The van der Waals surface area contributed by atoms with E-state index in [0.29, 0.717) is 11.3 Å². The van der Waals surface area contributed by atoms with E-state index in [2.05, 4.69) is 46.1 Å². The van der Waals surface area contributed by atoms with E-state index < -0.39 is 17.0 Å². The highest BCUT2D eigenvalue weighted by Crippen LogP contribution is 2.37. The van der Waals surface area contributed by atoms with Gasteiger partial charge in [0.1, 0.15) is 11.3 Å². The van der Waals surface area contributed by atoms with Crippen molar-refractivity contribution < 1.29 is 14.3 Å². The molecule has 0 radical (unpaired) electrons. The average Bonchev–Trinajstić information content (AvgIpc) is 3.33. The molecule has 3 aromatic carbocycles. The second-order valence-electron chi connectivity index (χ2n) is 13.4. The summed E-state index contributed by atoms with van der Waals surface area (Å²) in [6.07, 6.45) is 5.23. The predicted octanol–water partition coefficient (Wildman–Crippen LogP) is 9.12. The summed E-state index contributed by atoms with van der Waals surface area (Å²) in [6.45, 7) is 7.04. The lowest BCUT2D eigenvalue weighted by atomic mass is 9.97. The molecule has 0 spiro atoms. The van der Waals surface area contributed by atoms with Crippen molar-refractivity contribution in [2.45, 2.75) is 38.8 Å². The summed E-state index contributed by atoms with van der Waals surface area (Å²) >= 11 is 0. The van der Waals surface area contributed by atoms with Crippen LogP contribution in [-0.4, -0.2) is 36.8 Å². The first-order valence-corrected chi connectivity index (χ1v) is 16.7. The third-order valence-corrected chi connectivity index (χ3v) is 8.94. The number of hydrogen-bond acceptors (Lipinski definition) is 6. The van der Waals surface area contributed by atoms with E-state index >= 15 is 0 Å². The Labute approximate surface area is 297 Å². The summed E-state index contributed by atoms with van der Waals surface area (Å²) in [6, 6.07) is 39.3. The minimum atomic E-state index is -0.967. The SMILES string of the molecule is CC1(C)C=C(C(=O)Oc2ccc(-c3ccc(C#Cc4ccc(-c5cc(-c6ccccn6)nc(-c6ccccn6)c5)cc4)cc3)cc2)C(C)(C)[N+]1=O. The molecular weight excluding hydrogens is 633 g/mol. The molecule has 51 heavy (non-hydrogen) atoms. The Balaban J connectivity index is 1.04. The molecule has 4 heterocycles. The van der Waals surface area contributed by atoms with Crippen molar-refractivity contribution in [2.75, 3.05) is 0 Å². The molecular formula is C44H35N4O3+. The highest BCUT2D eigenvalue weighted by Gasteiger charge is 2.57. The van der Waals surface area contributed by atoms with Crippen LogP contribution in [0.1, 0.15) is 38.8 Å². The van der Waals surface area contributed by atoms with E-state index in [1.807, 2.05) is 84.9 Å². The standard InChI is InChI=1S/C44H35N4O3/c1-43(2)29-37(44(3,4)48(43)50)42(49)51-36-23-21-33(22-24-36)32-17-13-30(14-18-32)11-12-31-15-19-34(20-16-31)35-27-40(38-9-5-7-25-45-38)47-41(28-35)39-10-6-8-26-46-39/h5-10,13-29H,1-4H3/q+1. The van der Waals surface area contributed by atoms with Crippen molar-refractivity contribution >= 4 is 5.97 Å². The molecule has 3 aromatic heterocycles. The lowest BCUT2D eigenvalue weighted by molar-refractivity contribution is -0.651. The number of ether oxygens (including phenoxy) is 1. The van der Waals surface area contributed by atoms with Gasteiger partial charge in [0.15, 0.2) is 0 Å². The van der Waals surface area contributed by atoms with Crippen LogP contribution >= 0.6 is 0 Å². The first-order valence-electron chi connectivity index (χ1n) is 16.7. The second kappa shape index (κ2) is 13.4. The smallest absolute Gasteiger partial charge is 0.346 e. The molecule has 7 heteroatoms. The van der Waals surface area contributed by atoms with Gasteiger partial charge in [-0.3, -0.25) is 9.97 Å². The van der Waals surface area contributed by atoms with Crippen LogP contribution < -0.4 is 4.74 Å². The van der Waals surface area contributed by atoms with Gasteiger partial charge in [-0.25, -0.2) is 9.78 Å². The summed E-state index contributed by atoms with van der Waals surface area (Å²) in [5.41, 5.74) is 7.62. The number of aromatic nitrogens is 3. The maximum Gasteiger partial charge on any atom is 0.346 e. The van der Waals surface area contributed by atoms with Gasteiger partial charge in [0.25, 0.3) is 0 Å². The van der Waals surface area contributed by atoms with Gasteiger partial charge in [-0.2, -0.15) is 0 Å². The third kappa shape index (κ3) is 6.99. The minimum Gasteiger partial charge on any atom is -0.423 e. The average molecular weight is 668 g/mol. The zero-order chi connectivity index (χ0) is 35.6. The molecule has 0 saturated heterocycles. The van der Waals surface area contributed by atoms with Crippen LogP contribution in [0.15, 0.2) is 145 Å². The van der Waals surface area contributed by atoms with Crippen LogP contribution in [0, 0.1) is 16.7 Å². The Hall–Kier alpha value is -6.52. The number of rotatable bonds is 6. The van der Waals surface area contributed by atoms with Gasteiger partial charge in [-0.1, -0.05) is 60.4 Å². The first-order chi connectivity index (χ1) is 24.6. The molecule has 0 atom stereocenters. The summed E-state index contributed by atoms with van der Waals surface area (Å²) in [5.74, 6) is 6.45. The topological polar surface area (TPSA) is 85.1 Å². The summed E-state index contributed by atoms with van der Waals surface area (Å²) in [5, 5.41) is 0. The largest absolute Gasteiger partial charge is 0.423 e. The van der Waals surface area contributed by atoms with Crippen molar-refractivity contribution in [1.82, 2.24) is 15.0 Å². The van der Waals surface area contributed by atoms with Crippen LogP contribution in [0.5, 0.6) is 5.75 Å². The van der Waals surface area contributed by atoms with Gasteiger partial charge >= 0.3 is 5.97 Å². The third-order valence-electron chi connectivity index (χ3n) is 8.94. The van der Waals surface area contributed by atoms with E-state index in [-0.39, 0.29) is 0 Å². The van der Waals surface area contributed by atoms with Gasteiger partial charge in [-0.15, -0.1) is 0 Å². The number of carbonyl (C=O) groups is 1. The molecule has 0 aliphatic carbocycles. The van der Waals surface area contributed by atoms with Gasteiger partial charge in [0.2, 0.25) is 11.1 Å². The quantitative estimate of drug-likeness (QED) is 0.0763. The zero-order valence-corrected chi connectivity index (χ0v) is 28.8. The normalized spacial score (nSPS) is 14.3. The van der Waals surface area contributed by atoms with Gasteiger partial charge in [0.05, 0.1) is 22.8 Å². The molecule has 0 N–H and O–H groups in total. The van der Waals surface area contributed by atoms with E-state index in [1.165, 1.54) is 0 Å². The van der Waals surface area contributed by atoms with Crippen molar-refractivity contribution in [2.24, 2.45) is 0 Å². The minimum absolute atomic E-state index is 0.360. The number of carbonyl (C=O) groups excluding carboxylic acids is 1. The molecule has 248 valence electrons. The van der Waals surface area contributed by atoms with Gasteiger partial charge < -0.3 is 4.74 Å². The van der Waals surface area contributed by atoms with Gasteiger partial charge in [-0.05, 0) is 95.1 Å². The highest BCUT2D eigenvalue weighted by molar-refractivity contribution is 5.93. The number of esters is 1. The lowest BCUT2D eigenvalue weighted by Gasteiger charge is -2.16. The zero-order valence-electron chi connectivity index (χ0n) is 28.8. The van der Waals surface area contributed by atoms with Crippen LogP contribution in [0.25, 0.3) is 45.0 Å². The summed E-state index contributed by atoms with van der Waals surface area (Å²) in [7, 11) is 0. The van der Waals surface area contributed by atoms with E-state index in [1.54, 1.807) is 58.3 Å². The van der Waals surface area contributed by atoms with E-state index in [4.69, 9.17) is 9.72 Å². The maximum atomic E-state index is 12.9. The van der Waals surface area contributed by atoms with Crippen LogP contribution in [-0.2, 0) is 4.79 Å². The Morgan fingerprint density at radius 1 is 0.608 bits per heavy atom. The van der Waals surface area contributed by atoms with E-state index in [9.17, 15) is 9.70 Å². The molecule has 0 bridgehead atoms. The number of hydrogen-bond donors (Lipinski definition) is 0. The number of nitroso groups, excluding NO2 is 1. The van der Waals surface area contributed by atoms with Crippen LogP contribution in [0.4, 0.5) is 0 Å². The fourth-order valence-corrected chi connectivity index (χ4v) is 6.23. The molecule has 0 saturated carbocycles. The Morgan fingerprint density at radius 3 is 1.51 bits per heavy atom. The van der Waals surface area contributed by atoms with E-state index in [0.717, 1.165) is 60.9 Å².